The minimum absolute atomic E-state index is 0.580. The molecule has 16 heavy (non-hydrogen) atoms. The van der Waals surface area contributed by atoms with Crippen molar-refractivity contribution in [3.63, 3.8) is 0 Å². The summed E-state index contributed by atoms with van der Waals surface area (Å²) in [7, 11) is 3.12. The quantitative estimate of drug-likeness (QED) is 0.600. The molecule has 0 bridgehead atoms. The second kappa shape index (κ2) is 4.93. The second-order valence-corrected chi connectivity index (χ2v) is 4.20. The van der Waals surface area contributed by atoms with Crippen LogP contribution in [-0.2, 0) is 0 Å². The summed E-state index contributed by atoms with van der Waals surface area (Å²) >= 11 is 11.6. The van der Waals surface area contributed by atoms with Gasteiger partial charge in [-0.05, 0) is 42.6 Å². The third kappa shape index (κ3) is 2.25. The van der Waals surface area contributed by atoms with Crippen molar-refractivity contribution in [1.29, 1.82) is 0 Å². The number of halogens is 2. The maximum Gasteiger partial charge on any atom is 0.320 e. The summed E-state index contributed by atoms with van der Waals surface area (Å²) in [6.45, 7) is 3.70. The van der Waals surface area contributed by atoms with E-state index in [4.69, 9.17) is 27.9 Å². The molecule has 0 atom stereocenters. The van der Waals surface area contributed by atoms with Gasteiger partial charge < -0.3 is 4.74 Å². The van der Waals surface area contributed by atoms with E-state index in [0.717, 1.165) is 11.1 Å². The van der Waals surface area contributed by atoms with Crippen molar-refractivity contribution in [3.05, 3.63) is 22.2 Å². The van der Waals surface area contributed by atoms with Gasteiger partial charge in [0.25, 0.3) is 0 Å². The lowest BCUT2D eigenvalue weighted by molar-refractivity contribution is 0.265. The zero-order valence-electron chi connectivity index (χ0n) is 9.60. The number of benzene rings is 1. The lowest BCUT2D eigenvalue weighted by Crippen LogP contribution is -2.21. The number of aryl methyl sites for hydroxylation is 1. The smallest absolute Gasteiger partial charge is 0.320 e. The number of methoxy groups -OCH3 is 1. The minimum Gasteiger partial charge on any atom is -0.495 e. The number of carbonyl (C=O) groups excluding carboxylic acids is 1. The normalized spacial score (nSPS) is 10.1. The molecule has 1 amide bonds. The molecule has 0 N–H and O–H groups in total. The first kappa shape index (κ1) is 13.1. The SMILES string of the molecule is COc1cc(C)c(Cl)c(C)c1N(C)C(=O)Cl. The van der Waals surface area contributed by atoms with E-state index in [1.165, 1.54) is 12.0 Å². The van der Waals surface area contributed by atoms with Gasteiger partial charge in [0, 0.05) is 12.1 Å². The number of hydrogen-bond acceptors (Lipinski definition) is 2. The van der Waals surface area contributed by atoms with Crippen LogP contribution in [0.25, 0.3) is 0 Å². The van der Waals surface area contributed by atoms with Gasteiger partial charge in [0.15, 0.2) is 0 Å². The molecule has 0 unspecified atom stereocenters. The zero-order chi connectivity index (χ0) is 12.5. The molecule has 0 aliphatic heterocycles. The predicted octanol–water partition coefficient (Wildman–Crippen LogP) is 3.76. The van der Waals surface area contributed by atoms with Gasteiger partial charge >= 0.3 is 5.37 Å². The van der Waals surface area contributed by atoms with Crippen LogP contribution in [0, 0.1) is 13.8 Å². The third-order valence-corrected chi connectivity index (χ3v) is 3.27. The Hall–Kier alpha value is -0.930. The van der Waals surface area contributed by atoms with Crippen LogP contribution in [0.1, 0.15) is 11.1 Å². The number of rotatable bonds is 2. The Bertz CT molecular complexity index is 432. The molecule has 0 heterocycles. The van der Waals surface area contributed by atoms with Gasteiger partial charge in [-0.3, -0.25) is 9.69 Å². The summed E-state index contributed by atoms with van der Waals surface area (Å²) in [5.41, 5.74) is 2.27. The molecule has 0 saturated heterocycles. The van der Waals surface area contributed by atoms with Crippen LogP contribution in [-0.4, -0.2) is 19.5 Å². The van der Waals surface area contributed by atoms with Crippen LogP contribution in [0.5, 0.6) is 5.75 Å². The van der Waals surface area contributed by atoms with Gasteiger partial charge in [-0.1, -0.05) is 11.6 Å². The Morgan fingerprint density at radius 3 is 2.44 bits per heavy atom. The molecule has 1 rings (SSSR count). The largest absolute Gasteiger partial charge is 0.495 e. The van der Waals surface area contributed by atoms with E-state index in [0.29, 0.717) is 16.5 Å². The van der Waals surface area contributed by atoms with Crippen LogP contribution < -0.4 is 9.64 Å². The number of ether oxygens (including phenoxy) is 1. The van der Waals surface area contributed by atoms with Gasteiger partial charge in [-0.25, -0.2) is 0 Å². The van der Waals surface area contributed by atoms with Crippen LogP contribution in [0.3, 0.4) is 0 Å². The average molecular weight is 262 g/mol. The molecule has 0 aromatic heterocycles. The highest BCUT2D eigenvalue weighted by molar-refractivity contribution is 6.66. The molecular formula is C11H13Cl2NO2. The lowest BCUT2D eigenvalue weighted by Gasteiger charge is -2.21. The topological polar surface area (TPSA) is 29.5 Å². The van der Waals surface area contributed by atoms with Crippen molar-refractivity contribution in [2.75, 3.05) is 19.1 Å². The van der Waals surface area contributed by atoms with Gasteiger partial charge in [0.2, 0.25) is 0 Å². The van der Waals surface area contributed by atoms with Crippen molar-refractivity contribution < 1.29 is 9.53 Å². The fraction of sp³-hybridized carbons (Fsp3) is 0.364. The maximum atomic E-state index is 11.2. The average Bonchev–Trinajstić information content (AvgIpc) is 2.24. The van der Waals surface area contributed by atoms with E-state index in [-0.39, 0.29) is 0 Å². The maximum absolute atomic E-state index is 11.2. The van der Waals surface area contributed by atoms with E-state index >= 15 is 0 Å². The van der Waals surface area contributed by atoms with E-state index in [2.05, 4.69) is 0 Å². The molecule has 3 nitrogen and oxygen atoms in total. The summed E-state index contributed by atoms with van der Waals surface area (Å²) in [4.78, 5) is 12.5. The fourth-order valence-corrected chi connectivity index (χ4v) is 1.80. The van der Waals surface area contributed by atoms with Crippen LogP contribution in [0.15, 0.2) is 6.07 Å². The van der Waals surface area contributed by atoms with Crippen molar-refractivity contribution in [3.8, 4) is 5.75 Å². The summed E-state index contributed by atoms with van der Waals surface area (Å²) in [6.07, 6.45) is 0. The highest BCUT2D eigenvalue weighted by Gasteiger charge is 2.19. The first-order valence-corrected chi connectivity index (χ1v) is 5.42. The summed E-state index contributed by atoms with van der Waals surface area (Å²) < 4.78 is 5.22. The minimum atomic E-state index is -0.582. The highest BCUT2D eigenvalue weighted by atomic mass is 35.5. The molecule has 0 radical (unpaired) electrons. The monoisotopic (exact) mass is 261 g/mol. The molecule has 0 saturated carbocycles. The van der Waals surface area contributed by atoms with Gasteiger partial charge in [-0.15, -0.1) is 0 Å². The highest BCUT2D eigenvalue weighted by Crippen LogP contribution is 2.38. The van der Waals surface area contributed by atoms with Crippen LogP contribution in [0.2, 0.25) is 5.02 Å². The van der Waals surface area contributed by atoms with Crippen molar-refractivity contribution >= 4 is 34.3 Å². The van der Waals surface area contributed by atoms with Crippen LogP contribution >= 0.6 is 23.2 Å². The number of nitrogens with zero attached hydrogens (tertiary/aromatic N) is 1. The number of amides is 1. The number of hydrogen-bond donors (Lipinski definition) is 0. The van der Waals surface area contributed by atoms with E-state index in [1.54, 1.807) is 13.1 Å². The Kier molecular flexibility index (Phi) is 4.05. The second-order valence-electron chi connectivity index (χ2n) is 3.50. The molecule has 1 aromatic carbocycles. The van der Waals surface area contributed by atoms with Crippen molar-refractivity contribution in [2.45, 2.75) is 13.8 Å². The molecule has 0 fully saturated rings. The zero-order valence-corrected chi connectivity index (χ0v) is 11.1. The van der Waals surface area contributed by atoms with Crippen molar-refractivity contribution in [2.24, 2.45) is 0 Å². The predicted molar refractivity (Wildman–Crippen MR) is 67.1 cm³/mol. The Morgan fingerprint density at radius 1 is 1.44 bits per heavy atom. The molecular weight excluding hydrogens is 249 g/mol. The molecule has 5 heteroatoms. The summed E-state index contributed by atoms with van der Waals surface area (Å²) in [6, 6.07) is 1.78. The number of carbonyl (C=O) groups is 1. The van der Waals surface area contributed by atoms with Crippen LogP contribution in [0.4, 0.5) is 10.5 Å². The molecule has 0 aliphatic carbocycles. The lowest BCUT2D eigenvalue weighted by atomic mass is 10.1. The molecule has 0 spiro atoms. The summed E-state index contributed by atoms with van der Waals surface area (Å²) in [5, 5.41) is 0.0295. The first-order valence-electron chi connectivity index (χ1n) is 4.67. The standard InChI is InChI=1S/C11H13Cl2NO2/c1-6-5-8(16-4)10(7(2)9(6)12)14(3)11(13)15/h5H,1-4H3. The first-order chi connectivity index (χ1) is 7.40. The molecule has 1 aromatic rings. The van der Waals surface area contributed by atoms with Gasteiger partial charge in [-0.2, -0.15) is 0 Å². The molecule has 0 aliphatic rings. The Balaban J connectivity index is 3.47. The van der Waals surface area contributed by atoms with E-state index in [9.17, 15) is 4.79 Å². The van der Waals surface area contributed by atoms with Gasteiger partial charge in [0.1, 0.15) is 5.75 Å². The van der Waals surface area contributed by atoms with Crippen molar-refractivity contribution in [1.82, 2.24) is 0 Å². The van der Waals surface area contributed by atoms with Gasteiger partial charge in [0.05, 0.1) is 12.8 Å². The van der Waals surface area contributed by atoms with E-state index < -0.39 is 5.37 Å². The summed E-state index contributed by atoms with van der Waals surface area (Å²) in [5.74, 6) is 0.580. The third-order valence-electron chi connectivity index (χ3n) is 2.43. The molecule has 88 valence electrons. The Labute approximate surface area is 105 Å². The Morgan fingerprint density at radius 2 is 2.00 bits per heavy atom. The van der Waals surface area contributed by atoms with E-state index in [1.807, 2.05) is 13.8 Å². The number of anilines is 1. The fourth-order valence-electron chi connectivity index (χ4n) is 1.57.